The maximum atomic E-state index is 6.19. The van der Waals surface area contributed by atoms with Gasteiger partial charge in [-0.05, 0) is 79.6 Å². The van der Waals surface area contributed by atoms with Crippen LogP contribution in [0.4, 0.5) is 0 Å². The van der Waals surface area contributed by atoms with Gasteiger partial charge in [0, 0.05) is 37.0 Å². The molecule has 0 radical (unpaired) electrons. The largest absolute Gasteiger partial charge is 0.378 e. The lowest BCUT2D eigenvalue weighted by Crippen LogP contribution is -2.38. The number of hydrogen-bond donors (Lipinski definition) is 0. The van der Waals surface area contributed by atoms with Crippen LogP contribution >= 0.6 is 23.7 Å². The maximum absolute atomic E-state index is 6.19. The van der Waals surface area contributed by atoms with E-state index in [9.17, 15) is 0 Å². The molecule has 0 aliphatic carbocycles. The molecule has 0 bridgehead atoms. The monoisotopic (exact) mass is 392 g/mol. The van der Waals surface area contributed by atoms with Crippen LogP contribution in [-0.2, 0) is 17.7 Å². The minimum atomic E-state index is 0. The highest BCUT2D eigenvalue weighted by molar-refractivity contribution is 7.07. The van der Waals surface area contributed by atoms with Gasteiger partial charge in [-0.25, -0.2) is 0 Å². The van der Waals surface area contributed by atoms with Gasteiger partial charge < -0.3 is 4.74 Å². The lowest BCUT2D eigenvalue weighted by atomic mass is 9.75. The minimum Gasteiger partial charge on any atom is -0.378 e. The predicted octanol–water partition coefficient (Wildman–Crippen LogP) is 4.88. The molecule has 2 saturated heterocycles. The first-order valence-electron chi connectivity index (χ1n) is 9.50. The van der Waals surface area contributed by atoms with Crippen LogP contribution < -0.4 is 0 Å². The van der Waals surface area contributed by atoms with Crippen molar-refractivity contribution in [3.05, 3.63) is 52.0 Å². The Morgan fingerprint density at radius 3 is 2.92 bits per heavy atom. The van der Waals surface area contributed by atoms with Gasteiger partial charge in [-0.15, -0.1) is 12.4 Å². The molecule has 0 saturated carbocycles. The van der Waals surface area contributed by atoms with E-state index in [1.807, 2.05) is 24.5 Å². The van der Waals surface area contributed by atoms with Crippen molar-refractivity contribution in [2.24, 2.45) is 5.41 Å². The molecule has 2 aliphatic heterocycles. The Morgan fingerprint density at radius 2 is 2.23 bits per heavy atom. The zero-order valence-corrected chi connectivity index (χ0v) is 17.2. The van der Waals surface area contributed by atoms with Crippen molar-refractivity contribution in [1.29, 1.82) is 0 Å². The SMILES string of the molecule is Cc1ccc(CN2CC[C@](CCc3ccsc3)([C@@H]3CCCO3)C2)cn1.Cl. The normalized spacial score (nSPS) is 26.1. The molecule has 0 N–H and O–H groups in total. The fraction of sp³-hybridized carbons (Fsp3) is 0.571. The summed E-state index contributed by atoms with van der Waals surface area (Å²) in [5.41, 5.74) is 4.24. The molecule has 2 aromatic heterocycles. The van der Waals surface area contributed by atoms with Gasteiger partial charge in [0.2, 0.25) is 0 Å². The van der Waals surface area contributed by atoms with Crippen LogP contribution in [0.2, 0.25) is 0 Å². The third-order valence-corrected chi connectivity index (χ3v) is 6.68. The van der Waals surface area contributed by atoms with Gasteiger partial charge in [0.05, 0.1) is 6.10 Å². The zero-order chi connectivity index (χ0) is 17.1. The first kappa shape index (κ1) is 19.8. The summed E-state index contributed by atoms with van der Waals surface area (Å²) in [6.45, 7) is 6.35. The molecule has 0 amide bonds. The van der Waals surface area contributed by atoms with E-state index in [0.29, 0.717) is 11.5 Å². The van der Waals surface area contributed by atoms with Crippen LogP contribution in [0.5, 0.6) is 0 Å². The number of nitrogens with zero attached hydrogens (tertiary/aromatic N) is 2. The van der Waals surface area contributed by atoms with E-state index < -0.39 is 0 Å². The third kappa shape index (κ3) is 4.48. The number of likely N-dealkylation sites (tertiary alicyclic amines) is 1. The number of hydrogen-bond acceptors (Lipinski definition) is 4. The summed E-state index contributed by atoms with van der Waals surface area (Å²) < 4.78 is 6.19. The molecule has 4 heterocycles. The molecule has 5 heteroatoms. The molecular formula is C21H29ClN2OS. The first-order valence-corrected chi connectivity index (χ1v) is 10.4. The second-order valence-corrected chi connectivity index (χ2v) is 8.54. The summed E-state index contributed by atoms with van der Waals surface area (Å²) in [5, 5.41) is 4.49. The quantitative estimate of drug-likeness (QED) is 0.700. The highest BCUT2D eigenvalue weighted by atomic mass is 35.5. The number of ether oxygens (including phenoxy) is 1. The van der Waals surface area contributed by atoms with Gasteiger partial charge in [0.25, 0.3) is 0 Å². The molecule has 26 heavy (non-hydrogen) atoms. The van der Waals surface area contributed by atoms with Crippen LogP contribution in [-0.4, -0.2) is 35.7 Å². The van der Waals surface area contributed by atoms with Crippen LogP contribution in [0, 0.1) is 12.3 Å². The summed E-state index contributed by atoms with van der Waals surface area (Å²) in [5.74, 6) is 0. The van der Waals surface area contributed by atoms with Crippen molar-refractivity contribution in [2.45, 2.75) is 51.7 Å². The van der Waals surface area contributed by atoms with Gasteiger partial charge in [0.15, 0.2) is 0 Å². The topological polar surface area (TPSA) is 25.4 Å². The van der Waals surface area contributed by atoms with Crippen LogP contribution in [0.3, 0.4) is 0 Å². The Balaban J connectivity index is 0.00000196. The Morgan fingerprint density at radius 1 is 1.31 bits per heavy atom. The van der Waals surface area contributed by atoms with E-state index in [-0.39, 0.29) is 12.4 Å². The van der Waals surface area contributed by atoms with E-state index in [1.54, 1.807) is 0 Å². The van der Waals surface area contributed by atoms with Gasteiger partial charge in [0.1, 0.15) is 0 Å². The Kier molecular flexibility index (Phi) is 6.73. The molecule has 2 aliphatic rings. The maximum Gasteiger partial charge on any atom is 0.0645 e. The summed E-state index contributed by atoms with van der Waals surface area (Å²) in [6, 6.07) is 6.62. The van der Waals surface area contributed by atoms with Crippen molar-refractivity contribution in [2.75, 3.05) is 19.7 Å². The number of aryl methyl sites for hydroxylation is 2. The second kappa shape index (κ2) is 8.83. The fourth-order valence-electron chi connectivity index (χ4n) is 4.49. The lowest BCUT2D eigenvalue weighted by Gasteiger charge is -2.35. The molecule has 0 spiro atoms. The van der Waals surface area contributed by atoms with Crippen molar-refractivity contribution >= 4 is 23.7 Å². The molecular weight excluding hydrogens is 364 g/mol. The number of pyridine rings is 1. The summed E-state index contributed by atoms with van der Waals surface area (Å²) in [4.78, 5) is 7.07. The van der Waals surface area contributed by atoms with E-state index in [4.69, 9.17) is 4.74 Å². The molecule has 0 unspecified atom stereocenters. The van der Waals surface area contributed by atoms with Gasteiger partial charge in [-0.3, -0.25) is 9.88 Å². The fourth-order valence-corrected chi connectivity index (χ4v) is 5.19. The average molecular weight is 393 g/mol. The van der Waals surface area contributed by atoms with Gasteiger partial charge in [-0.1, -0.05) is 6.07 Å². The van der Waals surface area contributed by atoms with E-state index in [0.717, 1.165) is 25.4 Å². The molecule has 0 aromatic carbocycles. The van der Waals surface area contributed by atoms with Gasteiger partial charge in [-0.2, -0.15) is 11.3 Å². The molecule has 2 aromatic rings. The van der Waals surface area contributed by atoms with E-state index >= 15 is 0 Å². The summed E-state index contributed by atoms with van der Waals surface area (Å²) in [7, 11) is 0. The Bertz CT molecular complexity index is 670. The minimum absolute atomic E-state index is 0. The van der Waals surface area contributed by atoms with Crippen molar-refractivity contribution in [3.63, 3.8) is 0 Å². The van der Waals surface area contributed by atoms with Crippen LogP contribution in [0.1, 0.15) is 42.5 Å². The Hall–Kier alpha value is -0.940. The second-order valence-electron chi connectivity index (χ2n) is 7.76. The summed E-state index contributed by atoms with van der Waals surface area (Å²) >= 11 is 1.81. The van der Waals surface area contributed by atoms with Crippen molar-refractivity contribution in [1.82, 2.24) is 9.88 Å². The van der Waals surface area contributed by atoms with Crippen LogP contribution in [0.15, 0.2) is 35.2 Å². The van der Waals surface area contributed by atoms with Crippen LogP contribution in [0.25, 0.3) is 0 Å². The van der Waals surface area contributed by atoms with Crippen molar-refractivity contribution < 1.29 is 4.74 Å². The number of thiophene rings is 1. The van der Waals surface area contributed by atoms with E-state index in [1.165, 1.54) is 49.8 Å². The standard InChI is InChI=1S/C21H28N2OS.ClH/c1-17-4-5-19(13-22-17)14-23-10-9-21(16-23,20-3-2-11-24-20)8-6-18-7-12-25-15-18;/h4-5,7,12-13,15,20H,2-3,6,8-11,14,16H2,1H3;1H/t20-,21-;/m0./s1. The number of halogens is 1. The predicted molar refractivity (Wildman–Crippen MR) is 110 cm³/mol. The van der Waals surface area contributed by atoms with E-state index in [2.05, 4.69) is 38.8 Å². The Labute approximate surface area is 167 Å². The molecule has 2 atom stereocenters. The average Bonchev–Trinajstić information content (AvgIpc) is 3.38. The lowest BCUT2D eigenvalue weighted by molar-refractivity contribution is -0.00180. The first-order chi connectivity index (χ1) is 12.2. The molecule has 4 rings (SSSR count). The van der Waals surface area contributed by atoms with Gasteiger partial charge >= 0.3 is 0 Å². The highest BCUT2D eigenvalue weighted by Gasteiger charge is 2.45. The molecule has 2 fully saturated rings. The molecule has 142 valence electrons. The molecule has 3 nitrogen and oxygen atoms in total. The third-order valence-electron chi connectivity index (χ3n) is 5.95. The summed E-state index contributed by atoms with van der Waals surface area (Å²) in [6.07, 6.45) is 8.65. The number of rotatable bonds is 6. The smallest absolute Gasteiger partial charge is 0.0645 e. The van der Waals surface area contributed by atoms with Crippen molar-refractivity contribution in [3.8, 4) is 0 Å². The zero-order valence-electron chi connectivity index (χ0n) is 15.5. The number of aromatic nitrogens is 1. The highest BCUT2D eigenvalue weighted by Crippen LogP contribution is 2.44.